The third kappa shape index (κ3) is 4.92. The van der Waals surface area contributed by atoms with Gasteiger partial charge in [-0.2, -0.15) is 5.10 Å². The maximum absolute atomic E-state index is 12.5. The maximum Gasteiger partial charge on any atom is 0.269 e. The van der Waals surface area contributed by atoms with Gasteiger partial charge in [0.05, 0.1) is 18.3 Å². The van der Waals surface area contributed by atoms with Crippen molar-refractivity contribution in [1.29, 1.82) is 0 Å². The van der Waals surface area contributed by atoms with Crippen molar-refractivity contribution in [3.8, 4) is 5.75 Å². The first kappa shape index (κ1) is 23.4. The van der Waals surface area contributed by atoms with Crippen molar-refractivity contribution < 1.29 is 14.5 Å². The molecule has 1 N–H and O–H groups in total. The summed E-state index contributed by atoms with van der Waals surface area (Å²) in [5, 5.41) is 15.0. The Morgan fingerprint density at radius 3 is 2.56 bits per heavy atom. The van der Waals surface area contributed by atoms with Gasteiger partial charge >= 0.3 is 0 Å². The van der Waals surface area contributed by atoms with Gasteiger partial charge in [-0.25, -0.2) is 5.43 Å². The highest BCUT2D eigenvalue weighted by atomic mass is 127. The first-order valence-electron chi connectivity index (χ1n) is 10.5. The molecule has 0 saturated heterocycles. The first-order valence-corrected chi connectivity index (χ1v) is 12.6. The fourth-order valence-electron chi connectivity index (χ4n) is 4.75. The van der Waals surface area contributed by atoms with E-state index in [4.69, 9.17) is 4.74 Å². The molecule has 2 aromatic carbocycles. The third-order valence-corrected chi connectivity index (χ3v) is 8.16. The number of ether oxygens (including phenoxy) is 1. The van der Waals surface area contributed by atoms with Crippen molar-refractivity contribution in [2.75, 3.05) is 0 Å². The lowest BCUT2D eigenvalue weighted by Crippen LogP contribution is -2.22. The van der Waals surface area contributed by atoms with Crippen molar-refractivity contribution in [1.82, 2.24) is 5.43 Å². The number of halogens is 2. The molecule has 168 valence electrons. The number of carbonyl (C=O) groups is 1. The molecule has 2 aliphatic rings. The van der Waals surface area contributed by atoms with E-state index in [0.29, 0.717) is 12.5 Å². The average molecular weight is 659 g/mol. The fraction of sp³-hybridized carbons (Fsp3) is 0.391. The molecule has 0 bridgehead atoms. The van der Waals surface area contributed by atoms with Crippen molar-refractivity contribution >= 4 is 63.0 Å². The second-order valence-electron chi connectivity index (χ2n) is 8.60. The lowest BCUT2D eigenvalue weighted by molar-refractivity contribution is -0.384. The summed E-state index contributed by atoms with van der Waals surface area (Å²) in [6, 6.07) is 10.2. The summed E-state index contributed by atoms with van der Waals surface area (Å²) in [5.74, 6) is 1.39. The number of non-ortho nitro benzene ring substituents is 1. The molecule has 0 spiro atoms. The Hall–Kier alpha value is -1.76. The maximum atomic E-state index is 12.5. The lowest BCUT2D eigenvalue weighted by atomic mass is 9.90. The van der Waals surface area contributed by atoms with Gasteiger partial charge in [0.25, 0.3) is 5.69 Å². The van der Waals surface area contributed by atoms with E-state index < -0.39 is 4.92 Å². The number of benzene rings is 2. The van der Waals surface area contributed by atoms with Crippen LogP contribution in [0.5, 0.6) is 5.75 Å². The minimum absolute atomic E-state index is 0.0306. The molecule has 1 amide bonds. The second kappa shape index (κ2) is 9.62. The minimum Gasteiger partial charge on any atom is -0.487 e. The number of hydrazone groups is 1. The predicted octanol–water partition coefficient (Wildman–Crippen LogP) is 5.66. The second-order valence-corrected chi connectivity index (χ2v) is 10.9. The SMILES string of the molecule is C[C@]12CCCC[C@H]1[C@@H]2C(=O)N/N=C\c1cc(I)c(OCc2ccc([N+](=O)[O-])cc2)c(I)c1. The largest absolute Gasteiger partial charge is 0.487 e. The van der Waals surface area contributed by atoms with Crippen LogP contribution in [0.2, 0.25) is 0 Å². The zero-order valence-corrected chi connectivity index (χ0v) is 21.8. The van der Waals surface area contributed by atoms with Gasteiger partial charge in [0.1, 0.15) is 12.4 Å². The van der Waals surface area contributed by atoms with Gasteiger partial charge in [-0.15, -0.1) is 0 Å². The Labute approximate surface area is 213 Å². The number of nitrogens with zero attached hydrogens (tertiary/aromatic N) is 2. The van der Waals surface area contributed by atoms with Gasteiger partial charge in [-0.3, -0.25) is 14.9 Å². The van der Waals surface area contributed by atoms with Crippen LogP contribution < -0.4 is 10.2 Å². The van der Waals surface area contributed by atoms with E-state index in [0.717, 1.165) is 36.9 Å². The van der Waals surface area contributed by atoms with E-state index in [9.17, 15) is 14.9 Å². The van der Waals surface area contributed by atoms with Crippen LogP contribution in [0.1, 0.15) is 43.7 Å². The van der Waals surface area contributed by atoms with Crippen LogP contribution >= 0.6 is 45.2 Å². The summed E-state index contributed by atoms with van der Waals surface area (Å²) < 4.78 is 7.80. The number of hydrogen-bond acceptors (Lipinski definition) is 5. The molecule has 3 atom stereocenters. The average Bonchev–Trinajstić information content (AvgIpc) is 3.39. The molecule has 0 aliphatic heterocycles. The highest BCUT2D eigenvalue weighted by molar-refractivity contribution is 14.1. The van der Waals surface area contributed by atoms with Crippen molar-refractivity contribution in [2.24, 2.45) is 22.4 Å². The molecule has 0 unspecified atom stereocenters. The van der Waals surface area contributed by atoms with Crippen LogP contribution in [0.25, 0.3) is 0 Å². The fourth-order valence-corrected chi connectivity index (χ4v) is 6.88. The smallest absolute Gasteiger partial charge is 0.269 e. The summed E-state index contributed by atoms with van der Waals surface area (Å²) in [6.07, 6.45) is 6.39. The summed E-state index contributed by atoms with van der Waals surface area (Å²) in [4.78, 5) is 22.9. The molecular weight excluding hydrogens is 636 g/mol. The van der Waals surface area contributed by atoms with Gasteiger partial charge in [0, 0.05) is 18.1 Å². The van der Waals surface area contributed by atoms with Crippen molar-refractivity contribution in [3.05, 3.63) is 64.8 Å². The molecular formula is C23H23I2N3O4. The standard InChI is InChI=1S/C23H23I2N3O4/c1-23-9-3-2-4-17(23)20(23)22(29)27-26-12-15-10-18(24)21(19(25)11-15)32-13-14-5-7-16(8-6-14)28(30)31/h5-8,10-12,17,20H,2-4,9,13H2,1H3,(H,27,29)/b26-12-/t17-,20+,23-/m0/s1. The summed E-state index contributed by atoms with van der Waals surface area (Å²) in [7, 11) is 0. The molecule has 0 aromatic heterocycles. The number of nitrogens with one attached hydrogen (secondary N) is 1. The van der Waals surface area contributed by atoms with Gasteiger partial charge in [-0.1, -0.05) is 19.8 Å². The Kier molecular flexibility index (Phi) is 7.03. The van der Waals surface area contributed by atoms with Crippen LogP contribution in [-0.2, 0) is 11.4 Å². The zero-order chi connectivity index (χ0) is 22.9. The molecule has 2 fully saturated rings. The van der Waals surface area contributed by atoms with E-state index in [-0.39, 0.29) is 22.9 Å². The van der Waals surface area contributed by atoms with Gasteiger partial charge in [0.2, 0.25) is 5.91 Å². The third-order valence-electron chi connectivity index (χ3n) is 6.55. The number of nitro groups is 1. The molecule has 9 heteroatoms. The zero-order valence-electron chi connectivity index (χ0n) is 17.5. The monoisotopic (exact) mass is 659 g/mol. The van der Waals surface area contributed by atoms with Crippen LogP contribution in [0, 0.1) is 34.5 Å². The van der Waals surface area contributed by atoms with E-state index in [1.54, 1.807) is 18.3 Å². The highest BCUT2D eigenvalue weighted by Gasteiger charge is 2.64. The number of carbonyl (C=O) groups excluding carboxylic acids is 1. The topological polar surface area (TPSA) is 93.8 Å². The quantitative estimate of drug-likeness (QED) is 0.180. The van der Waals surface area contributed by atoms with Gasteiger partial charge in [-0.05, 0) is 105 Å². The Morgan fingerprint density at radius 2 is 1.97 bits per heavy atom. The molecule has 2 saturated carbocycles. The van der Waals surface area contributed by atoms with Crippen molar-refractivity contribution in [3.63, 3.8) is 0 Å². The predicted molar refractivity (Wildman–Crippen MR) is 139 cm³/mol. The molecule has 32 heavy (non-hydrogen) atoms. The van der Waals surface area contributed by atoms with Crippen molar-refractivity contribution in [2.45, 2.75) is 39.2 Å². The normalized spacial score (nSPS) is 24.1. The molecule has 0 radical (unpaired) electrons. The molecule has 2 aliphatic carbocycles. The summed E-state index contributed by atoms with van der Waals surface area (Å²) >= 11 is 4.42. The number of nitro benzene ring substituents is 1. The molecule has 0 heterocycles. The van der Waals surface area contributed by atoms with Gasteiger partial charge < -0.3 is 4.74 Å². The number of hydrogen-bond donors (Lipinski definition) is 1. The Balaban J connectivity index is 1.35. The molecule has 7 nitrogen and oxygen atoms in total. The first-order chi connectivity index (χ1) is 15.3. The number of fused-ring (bicyclic) bond motifs is 1. The highest BCUT2D eigenvalue weighted by Crippen LogP contribution is 2.66. The van der Waals surface area contributed by atoms with Crippen LogP contribution in [-0.4, -0.2) is 17.0 Å². The van der Waals surface area contributed by atoms with E-state index in [1.165, 1.54) is 25.0 Å². The Bertz CT molecular complexity index is 1050. The summed E-state index contributed by atoms with van der Waals surface area (Å²) in [5.41, 5.74) is 4.69. The number of rotatable bonds is 7. The minimum atomic E-state index is -0.419. The lowest BCUT2D eigenvalue weighted by Gasteiger charge is -2.15. The van der Waals surface area contributed by atoms with Crippen LogP contribution in [0.3, 0.4) is 0 Å². The van der Waals surface area contributed by atoms with Gasteiger partial charge in [0.15, 0.2) is 0 Å². The number of amides is 1. The van der Waals surface area contributed by atoms with Crippen LogP contribution in [0.15, 0.2) is 41.5 Å². The van der Waals surface area contributed by atoms with E-state index in [1.807, 2.05) is 12.1 Å². The van der Waals surface area contributed by atoms with E-state index in [2.05, 4.69) is 62.6 Å². The molecule has 4 rings (SSSR count). The Morgan fingerprint density at radius 1 is 1.28 bits per heavy atom. The van der Waals surface area contributed by atoms with Crippen LogP contribution in [0.4, 0.5) is 5.69 Å². The molecule has 2 aromatic rings. The van der Waals surface area contributed by atoms with E-state index >= 15 is 0 Å². The summed E-state index contributed by atoms with van der Waals surface area (Å²) in [6.45, 7) is 2.54.